The number of morpholine rings is 1. The Morgan fingerprint density at radius 3 is 2.86 bits per heavy atom. The third-order valence-corrected chi connectivity index (χ3v) is 8.36. The van der Waals surface area contributed by atoms with Crippen LogP contribution in [-0.4, -0.2) is 71.7 Å². The molecule has 1 aromatic carbocycles. The number of carbonyl (C=O) groups excluding carboxylic acids is 3. The smallest absolute Gasteiger partial charge is 0.271 e. The van der Waals surface area contributed by atoms with E-state index in [2.05, 4.69) is 20.5 Å². The number of halogens is 2. The number of benzene rings is 1. The van der Waals surface area contributed by atoms with E-state index in [1.807, 2.05) is 19.1 Å². The monoisotopic (exact) mass is 587 g/mol. The second-order valence-electron chi connectivity index (χ2n) is 8.70. The lowest BCUT2D eigenvalue weighted by Gasteiger charge is -2.33. The zero-order valence-electron chi connectivity index (χ0n) is 20.5. The van der Waals surface area contributed by atoms with E-state index in [0.717, 1.165) is 25.1 Å². The van der Waals surface area contributed by atoms with Crippen molar-refractivity contribution in [3.63, 3.8) is 0 Å². The fourth-order valence-corrected chi connectivity index (χ4v) is 5.81. The minimum Gasteiger partial charge on any atom is -0.374 e. The van der Waals surface area contributed by atoms with Crippen molar-refractivity contribution < 1.29 is 19.1 Å². The number of nitrogens with zero attached hydrogens (tertiary/aromatic N) is 2. The second kappa shape index (κ2) is 14.9. The van der Waals surface area contributed by atoms with Gasteiger partial charge in [0, 0.05) is 44.0 Å². The fourth-order valence-electron chi connectivity index (χ4n) is 3.85. The Morgan fingerprint density at radius 2 is 2.14 bits per heavy atom. The zero-order valence-corrected chi connectivity index (χ0v) is 23.7. The van der Waals surface area contributed by atoms with E-state index in [4.69, 9.17) is 33.7 Å². The molecule has 0 aliphatic carbocycles. The van der Waals surface area contributed by atoms with E-state index in [1.165, 1.54) is 23.1 Å². The largest absolute Gasteiger partial charge is 0.374 e. The van der Waals surface area contributed by atoms with Crippen LogP contribution in [-0.2, 0) is 20.9 Å². The third-order valence-electron chi connectivity index (χ3n) is 5.60. The maximum Gasteiger partial charge on any atom is 0.271 e. The molecule has 37 heavy (non-hydrogen) atoms. The van der Waals surface area contributed by atoms with Crippen LogP contribution in [0.25, 0.3) is 0 Å². The highest BCUT2D eigenvalue weighted by molar-refractivity contribution is 8.01. The summed E-state index contributed by atoms with van der Waals surface area (Å²) < 4.78 is 6.43. The molecule has 202 valence electrons. The summed E-state index contributed by atoms with van der Waals surface area (Å²) in [6.45, 7) is 5.16. The Hall–Kier alpha value is -1.89. The molecule has 1 aliphatic rings. The molecule has 2 unspecified atom stereocenters. The van der Waals surface area contributed by atoms with E-state index < -0.39 is 5.91 Å². The molecule has 2 aromatic rings. The highest BCUT2D eigenvalue weighted by atomic mass is 35.5. The summed E-state index contributed by atoms with van der Waals surface area (Å²) in [6.07, 6.45) is 1.44. The Labute approximate surface area is 234 Å². The first-order chi connectivity index (χ1) is 17.7. The van der Waals surface area contributed by atoms with Crippen molar-refractivity contribution in [1.29, 1.82) is 0 Å². The van der Waals surface area contributed by atoms with Crippen LogP contribution in [0.3, 0.4) is 0 Å². The van der Waals surface area contributed by atoms with Gasteiger partial charge in [0.15, 0.2) is 4.34 Å². The first-order valence-corrected chi connectivity index (χ1v) is 14.6. The Balaban J connectivity index is 1.39. The SMILES string of the molecule is CCCC(CC(N)=O)NC(=O)c1csc(SCC(=O)NCC2CN(Cc3ccc(Cl)c(Cl)c3)CCO2)n1. The second-order valence-corrected chi connectivity index (χ2v) is 11.6. The molecule has 1 aliphatic heterocycles. The van der Waals surface area contributed by atoms with Crippen LogP contribution in [0.5, 0.6) is 0 Å². The van der Waals surface area contributed by atoms with Crippen LogP contribution in [0.2, 0.25) is 10.0 Å². The van der Waals surface area contributed by atoms with Crippen molar-refractivity contribution >= 4 is 64.0 Å². The number of ether oxygens (including phenoxy) is 1. The van der Waals surface area contributed by atoms with Gasteiger partial charge in [-0.15, -0.1) is 11.3 Å². The molecular weight excluding hydrogens is 557 g/mol. The minimum atomic E-state index is -0.461. The molecule has 0 saturated carbocycles. The molecule has 0 radical (unpaired) electrons. The normalized spacial score (nSPS) is 16.8. The molecule has 4 N–H and O–H groups in total. The Kier molecular flexibility index (Phi) is 11.9. The van der Waals surface area contributed by atoms with Gasteiger partial charge in [-0.05, 0) is 24.1 Å². The molecule has 1 aromatic heterocycles. The van der Waals surface area contributed by atoms with Gasteiger partial charge < -0.3 is 21.1 Å². The number of nitrogens with one attached hydrogen (secondary N) is 2. The fraction of sp³-hybridized carbons (Fsp3) is 0.500. The molecule has 3 amide bonds. The molecule has 2 atom stereocenters. The van der Waals surface area contributed by atoms with Crippen LogP contribution in [0.4, 0.5) is 0 Å². The Bertz CT molecular complexity index is 1090. The lowest BCUT2D eigenvalue weighted by Crippen LogP contribution is -2.47. The number of rotatable bonds is 13. The number of nitrogens with two attached hydrogens (primary N) is 1. The summed E-state index contributed by atoms with van der Waals surface area (Å²) in [5, 5.41) is 8.43. The molecular formula is C24H31Cl2N5O4S2. The molecule has 0 spiro atoms. The predicted octanol–water partition coefficient (Wildman–Crippen LogP) is 3.33. The minimum absolute atomic E-state index is 0.0867. The molecule has 0 bridgehead atoms. The first-order valence-electron chi connectivity index (χ1n) is 12.0. The van der Waals surface area contributed by atoms with E-state index in [0.29, 0.717) is 40.5 Å². The summed E-state index contributed by atoms with van der Waals surface area (Å²) in [5.74, 6) is -0.779. The lowest BCUT2D eigenvalue weighted by atomic mass is 10.1. The topological polar surface area (TPSA) is 127 Å². The van der Waals surface area contributed by atoms with Gasteiger partial charge in [-0.25, -0.2) is 4.98 Å². The third kappa shape index (κ3) is 10.1. The number of carbonyl (C=O) groups is 3. The highest BCUT2D eigenvalue weighted by Gasteiger charge is 2.22. The maximum atomic E-state index is 12.5. The van der Waals surface area contributed by atoms with Crippen molar-refractivity contribution in [2.24, 2.45) is 5.73 Å². The molecule has 1 saturated heterocycles. The number of hydrogen-bond donors (Lipinski definition) is 3. The van der Waals surface area contributed by atoms with Crippen LogP contribution < -0.4 is 16.4 Å². The van der Waals surface area contributed by atoms with Gasteiger partial charge in [0.25, 0.3) is 5.91 Å². The average Bonchev–Trinajstić information content (AvgIpc) is 3.33. The van der Waals surface area contributed by atoms with Crippen molar-refractivity contribution in [2.45, 2.75) is 49.2 Å². The van der Waals surface area contributed by atoms with Crippen LogP contribution in [0.15, 0.2) is 27.9 Å². The highest BCUT2D eigenvalue weighted by Crippen LogP contribution is 2.24. The van der Waals surface area contributed by atoms with E-state index in [9.17, 15) is 14.4 Å². The maximum absolute atomic E-state index is 12.5. The van der Waals surface area contributed by atoms with Crippen molar-refractivity contribution in [3.8, 4) is 0 Å². The zero-order chi connectivity index (χ0) is 26.8. The molecule has 13 heteroatoms. The molecule has 9 nitrogen and oxygen atoms in total. The number of thiazole rings is 1. The number of aromatic nitrogens is 1. The first kappa shape index (κ1) is 29.7. The van der Waals surface area contributed by atoms with E-state index in [-0.39, 0.29) is 41.8 Å². The summed E-state index contributed by atoms with van der Waals surface area (Å²) in [5.41, 5.74) is 6.60. The molecule has 1 fully saturated rings. The van der Waals surface area contributed by atoms with Crippen molar-refractivity contribution in [3.05, 3.63) is 44.9 Å². The molecule has 3 rings (SSSR count). The number of primary amides is 1. The van der Waals surface area contributed by atoms with Crippen molar-refractivity contribution in [1.82, 2.24) is 20.5 Å². The summed E-state index contributed by atoms with van der Waals surface area (Å²) in [6, 6.07) is 5.29. The number of hydrogen-bond acceptors (Lipinski definition) is 8. The Morgan fingerprint density at radius 1 is 1.32 bits per heavy atom. The van der Waals surface area contributed by atoms with E-state index in [1.54, 1.807) is 11.4 Å². The lowest BCUT2D eigenvalue weighted by molar-refractivity contribution is -0.120. The van der Waals surface area contributed by atoms with Crippen LogP contribution in [0.1, 0.15) is 42.2 Å². The summed E-state index contributed by atoms with van der Waals surface area (Å²) >= 11 is 14.7. The van der Waals surface area contributed by atoms with Gasteiger partial charge in [-0.2, -0.15) is 0 Å². The van der Waals surface area contributed by atoms with Gasteiger partial charge in [0.2, 0.25) is 11.8 Å². The quantitative estimate of drug-likeness (QED) is 0.307. The van der Waals surface area contributed by atoms with Crippen LogP contribution in [0, 0.1) is 0 Å². The number of amides is 3. The molecule has 2 heterocycles. The standard InChI is InChI=1S/C24H31Cl2N5O4S2/c1-2-3-16(9-21(27)32)29-23(34)20-13-36-24(30-20)37-14-22(33)28-10-17-12-31(6-7-35-17)11-15-4-5-18(25)19(26)8-15/h4-5,8,13,16-17H,2-3,6-7,9-12,14H2,1H3,(H2,27,32)(H,28,33)(H,29,34). The van der Waals surface area contributed by atoms with Crippen LogP contribution >= 0.6 is 46.3 Å². The van der Waals surface area contributed by atoms with Gasteiger partial charge in [-0.1, -0.05) is 54.4 Å². The van der Waals surface area contributed by atoms with Gasteiger partial charge >= 0.3 is 0 Å². The van der Waals surface area contributed by atoms with Crippen molar-refractivity contribution in [2.75, 3.05) is 32.0 Å². The summed E-state index contributed by atoms with van der Waals surface area (Å²) in [7, 11) is 0. The van der Waals surface area contributed by atoms with Gasteiger partial charge in [0.05, 0.1) is 28.5 Å². The van der Waals surface area contributed by atoms with E-state index >= 15 is 0 Å². The number of thioether (sulfide) groups is 1. The van der Waals surface area contributed by atoms with Gasteiger partial charge in [-0.3, -0.25) is 19.3 Å². The average molecular weight is 589 g/mol. The summed E-state index contributed by atoms with van der Waals surface area (Å²) in [4.78, 5) is 42.6. The predicted molar refractivity (Wildman–Crippen MR) is 147 cm³/mol. The van der Waals surface area contributed by atoms with Gasteiger partial charge in [0.1, 0.15) is 5.69 Å².